The molecule has 0 saturated carbocycles. The van der Waals surface area contributed by atoms with Gasteiger partial charge in [0.15, 0.2) is 16.9 Å². The van der Waals surface area contributed by atoms with Crippen LogP contribution in [0.25, 0.3) is 22.4 Å². The molecule has 100 valence electrons. The van der Waals surface area contributed by atoms with Crippen molar-refractivity contribution in [1.82, 2.24) is 24.9 Å². The predicted molar refractivity (Wildman–Crippen MR) is 71.3 cm³/mol. The standard InChI is InChI=1S/C6H5N3O.C6H4N2O2/c10-6-8-4-2-1-3-7-5(4)9-6;9-6-8-5-4(10-6)2-1-3-7-5/h1-3H,(H2,7,8,9,10);1-3H,(H,7,8,9). The van der Waals surface area contributed by atoms with Crippen LogP contribution in [0, 0.1) is 0 Å². The van der Waals surface area contributed by atoms with Crippen LogP contribution in [0.15, 0.2) is 50.7 Å². The lowest BCUT2D eigenvalue weighted by Crippen LogP contribution is -1.99. The van der Waals surface area contributed by atoms with Gasteiger partial charge in [-0.25, -0.2) is 19.6 Å². The van der Waals surface area contributed by atoms with Gasteiger partial charge in [-0.1, -0.05) is 0 Å². The van der Waals surface area contributed by atoms with Gasteiger partial charge in [0, 0.05) is 12.4 Å². The fourth-order valence-electron chi connectivity index (χ4n) is 1.66. The number of oxazole rings is 1. The van der Waals surface area contributed by atoms with Crippen LogP contribution in [0.2, 0.25) is 0 Å². The molecule has 0 saturated heterocycles. The number of H-pyrrole nitrogens is 3. The first kappa shape index (κ1) is 11.9. The summed E-state index contributed by atoms with van der Waals surface area (Å²) in [6.45, 7) is 0. The first-order valence-corrected chi connectivity index (χ1v) is 5.69. The topological polar surface area (TPSA) is 120 Å². The monoisotopic (exact) mass is 271 g/mol. The van der Waals surface area contributed by atoms with Gasteiger partial charge in [-0.2, -0.15) is 0 Å². The summed E-state index contributed by atoms with van der Waals surface area (Å²) < 4.78 is 4.69. The van der Waals surface area contributed by atoms with Crippen LogP contribution in [0.3, 0.4) is 0 Å². The molecule has 8 nitrogen and oxygen atoms in total. The van der Waals surface area contributed by atoms with E-state index in [2.05, 4.69) is 24.9 Å². The molecule has 0 aliphatic rings. The smallest absolute Gasteiger partial charge is 0.406 e. The molecule has 0 spiro atoms. The third kappa shape index (κ3) is 2.34. The van der Waals surface area contributed by atoms with Crippen molar-refractivity contribution in [3.8, 4) is 0 Å². The average molecular weight is 271 g/mol. The molecule has 4 rings (SSSR count). The first-order valence-electron chi connectivity index (χ1n) is 5.69. The van der Waals surface area contributed by atoms with Gasteiger partial charge in [0.05, 0.1) is 5.52 Å². The molecule has 0 bridgehead atoms. The van der Waals surface area contributed by atoms with Gasteiger partial charge in [-0.3, -0.25) is 9.97 Å². The molecule has 0 aliphatic heterocycles. The Morgan fingerprint density at radius 1 is 0.900 bits per heavy atom. The third-order valence-electron chi connectivity index (χ3n) is 2.48. The van der Waals surface area contributed by atoms with Gasteiger partial charge < -0.3 is 9.40 Å². The van der Waals surface area contributed by atoms with Crippen molar-refractivity contribution in [3.63, 3.8) is 0 Å². The maximum Gasteiger partial charge on any atom is 0.418 e. The molecule has 3 N–H and O–H groups in total. The lowest BCUT2D eigenvalue weighted by atomic mass is 10.4. The molecule has 0 atom stereocenters. The molecule has 4 heterocycles. The van der Waals surface area contributed by atoms with E-state index in [4.69, 9.17) is 4.42 Å². The van der Waals surface area contributed by atoms with Crippen molar-refractivity contribution in [3.05, 3.63) is 57.7 Å². The summed E-state index contributed by atoms with van der Waals surface area (Å²) in [7, 11) is 0. The number of aromatic nitrogens is 5. The van der Waals surface area contributed by atoms with Crippen molar-refractivity contribution in [2.75, 3.05) is 0 Å². The molecule has 0 fully saturated rings. The van der Waals surface area contributed by atoms with Crippen LogP contribution in [0.1, 0.15) is 0 Å². The highest BCUT2D eigenvalue weighted by molar-refractivity contribution is 5.68. The second-order valence-electron chi connectivity index (χ2n) is 3.84. The highest BCUT2D eigenvalue weighted by Gasteiger charge is 1.97. The second-order valence-corrected chi connectivity index (χ2v) is 3.84. The maximum absolute atomic E-state index is 10.6. The minimum Gasteiger partial charge on any atom is -0.406 e. The highest BCUT2D eigenvalue weighted by atomic mass is 16.4. The van der Waals surface area contributed by atoms with E-state index in [1.54, 1.807) is 36.7 Å². The number of hydrogen-bond acceptors (Lipinski definition) is 5. The summed E-state index contributed by atoms with van der Waals surface area (Å²) in [6, 6.07) is 6.95. The zero-order chi connectivity index (χ0) is 13.9. The molecule has 0 unspecified atom stereocenters. The summed E-state index contributed by atoms with van der Waals surface area (Å²) in [5.74, 6) is -0.464. The number of rotatable bonds is 0. The fourth-order valence-corrected chi connectivity index (χ4v) is 1.66. The minimum atomic E-state index is -0.464. The van der Waals surface area contributed by atoms with E-state index >= 15 is 0 Å². The molecule has 4 aromatic heterocycles. The molecule has 8 heteroatoms. The van der Waals surface area contributed by atoms with E-state index in [1.807, 2.05) is 0 Å². The molecule has 0 aliphatic carbocycles. The summed E-state index contributed by atoms with van der Waals surface area (Å²) in [4.78, 5) is 36.5. The van der Waals surface area contributed by atoms with Crippen molar-refractivity contribution in [2.24, 2.45) is 0 Å². The van der Waals surface area contributed by atoms with Gasteiger partial charge >= 0.3 is 11.4 Å². The van der Waals surface area contributed by atoms with Gasteiger partial charge in [-0.15, -0.1) is 0 Å². The van der Waals surface area contributed by atoms with Crippen molar-refractivity contribution >= 4 is 22.4 Å². The molecular weight excluding hydrogens is 262 g/mol. The number of imidazole rings is 1. The number of nitrogens with one attached hydrogen (secondary N) is 3. The minimum absolute atomic E-state index is 0.214. The lowest BCUT2D eigenvalue weighted by Gasteiger charge is -1.81. The summed E-state index contributed by atoms with van der Waals surface area (Å²) in [5, 5.41) is 0. The second kappa shape index (κ2) is 4.84. The number of nitrogens with zero attached hydrogens (tertiary/aromatic N) is 2. The molecule has 4 aromatic rings. The highest BCUT2D eigenvalue weighted by Crippen LogP contribution is 2.02. The van der Waals surface area contributed by atoms with Crippen LogP contribution in [-0.4, -0.2) is 24.9 Å². The van der Waals surface area contributed by atoms with E-state index in [0.717, 1.165) is 5.52 Å². The fraction of sp³-hybridized carbons (Fsp3) is 0. The van der Waals surface area contributed by atoms with Gasteiger partial charge in [0.2, 0.25) is 0 Å². The van der Waals surface area contributed by atoms with Crippen LogP contribution in [0.5, 0.6) is 0 Å². The van der Waals surface area contributed by atoms with Gasteiger partial charge in [0.1, 0.15) is 0 Å². The predicted octanol–water partition coefficient (Wildman–Crippen LogP) is 0.767. The van der Waals surface area contributed by atoms with Crippen molar-refractivity contribution < 1.29 is 4.42 Å². The Labute approximate surface area is 110 Å². The molecule has 0 amide bonds. The normalized spacial score (nSPS) is 10.4. The van der Waals surface area contributed by atoms with Crippen LogP contribution in [0.4, 0.5) is 0 Å². The zero-order valence-corrected chi connectivity index (χ0v) is 10.1. The van der Waals surface area contributed by atoms with E-state index in [-0.39, 0.29) is 5.69 Å². The number of pyridine rings is 2. The lowest BCUT2D eigenvalue weighted by molar-refractivity contribution is 0.555. The van der Waals surface area contributed by atoms with Crippen LogP contribution in [-0.2, 0) is 0 Å². The number of fused-ring (bicyclic) bond motifs is 2. The Kier molecular flexibility index (Phi) is 2.88. The molecule has 20 heavy (non-hydrogen) atoms. The molecule has 0 aromatic carbocycles. The molecular formula is C12H9N5O3. The Hall–Kier alpha value is -3.16. The number of aromatic amines is 3. The van der Waals surface area contributed by atoms with Crippen LogP contribution < -0.4 is 11.4 Å². The first-order chi connectivity index (χ1) is 9.72. The summed E-state index contributed by atoms with van der Waals surface area (Å²) in [5.41, 5.74) is 2.12. The number of hydrogen-bond donors (Lipinski definition) is 3. The van der Waals surface area contributed by atoms with Gasteiger partial charge in [-0.05, 0) is 24.3 Å². The SMILES string of the molecule is O=c1[nH]c2cccnc2[nH]1.O=c1[nH]c2ncccc2o1. The Bertz CT molecular complexity index is 810. The zero-order valence-electron chi connectivity index (χ0n) is 10.1. The Morgan fingerprint density at radius 2 is 1.65 bits per heavy atom. The van der Waals surface area contributed by atoms with Crippen molar-refractivity contribution in [1.29, 1.82) is 0 Å². The maximum atomic E-state index is 10.6. The summed E-state index contributed by atoms with van der Waals surface area (Å²) >= 11 is 0. The van der Waals surface area contributed by atoms with E-state index in [9.17, 15) is 9.59 Å². The van der Waals surface area contributed by atoms with Gasteiger partial charge in [0.25, 0.3) is 0 Å². The Balaban J connectivity index is 0.000000121. The summed E-state index contributed by atoms with van der Waals surface area (Å²) in [6.07, 6.45) is 3.22. The van der Waals surface area contributed by atoms with E-state index in [1.165, 1.54) is 0 Å². The van der Waals surface area contributed by atoms with E-state index in [0.29, 0.717) is 16.9 Å². The molecule has 0 radical (unpaired) electrons. The quantitative estimate of drug-likeness (QED) is 0.436. The van der Waals surface area contributed by atoms with E-state index < -0.39 is 5.76 Å². The third-order valence-corrected chi connectivity index (χ3v) is 2.48. The largest absolute Gasteiger partial charge is 0.418 e. The Morgan fingerprint density at radius 3 is 2.40 bits per heavy atom. The van der Waals surface area contributed by atoms with Crippen molar-refractivity contribution in [2.45, 2.75) is 0 Å². The van der Waals surface area contributed by atoms with Crippen LogP contribution >= 0.6 is 0 Å². The average Bonchev–Trinajstić information content (AvgIpc) is 2.99.